The van der Waals surface area contributed by atoms with Gasteiger partial charge in [0.2, 0.25) is 5.91 Å². The van der Waals surface area contributed by atoms with Gasteiger partial charge in [-0.1, -0.05) is 26.0 Å². The number of carbonyl (C=O) groups excluding carboxylic acids is 1. The van der Waals surface area contributed by atoms with Gasteiger partial charge in [0.25, 0.3) is 0 Å². The highest BCUT2D eigenvalue weighted by molar-refractivity contribution is 6.04. The van der Waals surface area contributed by atoms with E-state index in [-0.39, 0.29) is 5.82 Å². The van der Waals surface area contributed by atoms with Crippen LogP contribution < -0.4 is 5.73 Å². The van der Waals surface area contributed by atoms with Crippen LogP contribution in [0.5, 0.6) is 0 Å². The standard InChI is InChI=1S/C28H26FN3O2/c1-28(2,16-34-3)26-25(17-4-6-18(7-5-17)27(30)33)23-12-19-14-31-15-20(19)13-24(23)32(26)22-10-8-21(29)9-11-22/h4-13,15H,14,16H2,1-3H3,(H2,30,33). The minimum atomic E-state index is -0.463. The predicted octanol–water partition coefficient (Wildman–Crippen LogP) is 5.39. The lowest BCUT2D eigenvalue weighted by molar-refractivity contribution is 0.100. The molecule has 3 aromatic carbocycles. The van der Waals surface area contributed by atoms with Gasteiger partial charge in [-0.3, -0.25) is 9.79 Å². The summed E-state index contributed by atoms with van der Waals surface area (Å²) in [5.41, 5.74) is 12.7. The van der Waals surface area contributed by atoms with Crippen molar-refractivity contribution in [1.29, 1.82) is 0 Å². The van der Waals surface area contributed by atoms with Gasteiger partial charge in [-0.15, -0.1) is 0 Å². The summed E-state index contributed by atoms with van der Waals surface area (Å²) in [5, 5.41) is 1.07. The van der Waals surface area contributed by atoms with Gasteiger partial charge in [-0.05, 0) is 65.2 Å². The van der Waals surface area contributed by atoms with Crippen LogP contribution in [0.3, 0.4) is 0 Å². The summed E-state index contributed by atoms with van der Waals surface area (Å²) in [7, 11) is 1.69. The van der Waals surface area contributed by atoms with E-state index >= 15 is 0 Å². The van der Waals surface area contributed by atoms with Gasteiger partial charge in [0.05, 0.1) is 18.7 Å². The molecule has 0 saturated heterocycles. The zero-order valence-electron chi connectivity index (χ0n) is 19.4. The summed E-state index contributed by atoms with van der Waals surface area (Å²) in [6.07, 6.45) is 1.90. The average molecular weight is 456 g/mol. The molecule has 2 N–H and O–H groups in total. The number of benzene rings is 3. The number of nitrogens with two attached hydrogens (primary N) is 1. The van der Waals surface area contributed by atoms with Crippen LogP contribution in [0, 0.1) is 5.82 Å². The van der Waals surface area contributed by atoms with Crippen molar-refractivity contribution < 1.29 is 13.9 Å². The van der Waals surface area contributed by atoms with Crippen molar-refractivity contribution in [2.24, 2.45) is 10.7 Å². The molecule has 0 aliphatic carbocycles. The van der Waals surface area contributed by atoms with Crippen molar-refractivity contribution in [3.05, 3.63) is 88.9 Å². The fourth-order valence-corrected chi connectivity index (χ4v) is 4.92. The Morgan fingerprint density at radius 2 is 1.82 bits per heavy atom. The first-order valence-electron chi connectivity index (χ1n) is 11.2. The molecule has 1 aromatic heterocycles. The fourth-order valence-electron chi connectivity index (χ4n) is 4.92. The van der Waals surface area contributed by atoms with E-state index in [1.807, 2.05) is 18.3 Å². The molecular formula is C28H26FN3O2. The van der Waals surface area contributed by atoms with Gasteiger partial charge >= 0.3 is 0 Å². The number of aliphatic imine (C=N–C) groups is 1. The number of fused-ring (bicyclic) bond motifs is 2. The zero-order chi connectivity index (χ0) is 24.0. The maximum absolute atomic E-state index is 13.8. The molecule has 6 heteroatoms. The van der Waals surface area contributed by atoms with Crippen molar-refractivity contribution in [2.45, 2.75) is 25.8 Å². The second-order valence-corrected chi connectivity index (χ2v) is 9.33. The molecule has 5 nitrogen and oxygen atoms in total. The summed E-state index contributed by atoms with van der Waals surface area (Å²) in [4.78, 5) is 16.1. The average Bonchev–Trinajstić information content (AvgIpc) is 3.40. The minimum absolute atomic E-state index is 0.284. The largest absolute Gasteiger partial charge is 0.384 e. The van der Waals surface area contributed by atoms with Crippen LogP contribution in [-0.2, 0) is 16.7 Å². The van der Waals surface area contributed by atoms with E-state index in [0.717, 1.165) is 44.5 Å². The Morgan fingerprint density at radius 1 is 1.12 bits per heavy atom. The Hall–Kier alpha value is -3.77. The van der Waals surface area contributed by atoms with Gasteiger partial charge in [0.15, 0.2) is 0 Å². The number of primary amides is 1. The van der Waals surface area contributed by atoms with Gasteiger partial charge in [0, 0.05) is 46.6 Å². The van der Waals surface area contributed by atoms with Crippen LogP contribution in [0.25, 0.3) is 27.7 Å². The van der Waals surface area contributed by atoms with E-state index < -0.39 is 11.3 Å². The van der Waals surface area contributed by atoms with E-state index in [1.54, 1.807) is 31.4 Å². The smallest absolute Gasteiger partial charge is 0.248 e. The van der Waals surface area contributed by atoms with E-state index in [4.69, 9.17) is 10.5 Å². The van der Waals surface area contributed by atoms with Crippen LogP contribution in [-0.4, -0.2) is 30.4 Å². The topological polar surface area (TPSA) is 69.6 Å². The second kappa shape index (κ2) is 8.22. The third-order valence-electron chi connectivity index (χ3n) is 6.41. The highest BCUT2D eigenvalue weighted by Crippen LogP contribution is 2.44. The molecule has 0 radical (unpaired) electrons. The second-order valence-electron chi connectivity index (χ2n) is 9.33. The molecule has 0 bridgehead atoms. The predicted molar refractivity (Wildman–Crippen MR) is 133 cm³/mol. The number of nitrogens with zero attached hydrogens (tertiary/aromatic N) is 2. The summed E-state index contributed by atoms with van der Waals surface area (Å²) >= 11 is 0. The van der Waals surface area contributed by atoms with E-state index in [9.17, 15) is 9.18 Å². The Kier molecular flexibility index (Phi) is 5.33. The molecule has 0 fully saturated rings. The van der Waals surface area contributed by atoms with E-state index in [1.165, 1.54) is 12.1 Å². The lowest BCUT2D eigenvalue weighted by Crippen LogP contribution is -2.27. The van der Waals surface area contributed by atoms with Crippen molar-refractivity contribution in [1.82, 2.24) is 4.57 Å². The third-order valence-corrected chi connectivity index (χ3v) is 6.41. The van der Waals surface area contributed by atoms with Crippen molar-refractivity contribution in [3.63, 3.8) is 0 Å². The molecule has 5 rings (SSSR count). The maximum atomic E-state index is 13.8. The van der Waals surface area contributed by atoms with Crippen molar-refractivity contribution >= 4 is 23.0 Å². The highest BCUT2D eigenvalue weighted by atomic mass is 19.1. The lowest BCUT2D eigenvalue weighted by atomic mass is 9.84. The molecule has 1 aliphatic rings. The number of aromatic nitrogens is 1. The lowest BCUT2D eigenvalue weighted by Gasteiger charge is -2.28. The molecular weight excluding hydrogens is 429 g/mol. The third kappa shape index (κ3) is 3.60. The van der Waals surface area contributed by atoms with Gasteiger partial charge in [-0.25, -0.2) is 4.39 Å². The van der Waals surface area contributed by atoms with Crippen molar-refractivity contribution in [2.75, 3.05) is 13.7 Å². The summed E-state index contributed by atoms with van der Waals surface area (Å²) in [6.45, 7) is 5.41. The molecule has 4 aromatic rings. The zero-order valence-corrected chi connectivity index (χ0v) is 19.4. The Bertz CT molecular complexity index is 1430. The molecule has 34 heavy (non-hydrogen) atoms. The Labute approximate surface area is 197 Å². The monoisotopic (exact) mass is 455 g/mol. The van der Waals surface area contributed by atoms with E-state index in [2.05, 4.69) is 35.5 Å². The summed E-state index contributed by atoms with van der Waals surface area (Å²) < 4.78 is 21.7. The number of carbonyl (C=O) groups is 1. The molecule has 0 saturated carbocycles. The molecule has 172 valence electrons. The van der Waals surface area contributed by atoms with Gasteiger partial charge in [0.1, 0.15) is 5.82 Å². The number of ether oxygens (including phenoxy) is 1. The number of rotatable bonds is 6. The molecule has 2 heterocycles. The Morgan fingerprint density at radius 3 is 2.47 bits per heavy atom. The quantitative estimate of drug-likeness (QED) is 0.423. The van der Waals surface area contributed by atoms with Gasteiger partial charge < -0.3 is 15.0 Å². The number of hydrogen-bond donors (Lipinski definition) is 1. The Balaban J connectivity index is 1.91. The van der Waals surface area contributed by atoms with Crippen LogP contribution in [0.1, 0.15) is 41.0 Å². The first-order chi connectivity index (χ1) is 16.3. The van der Waals surface area contributed by atoms with Crippen LogP contribution in [0.4, 0.5) is 4.39 Å². The molecule has 0 unspecified atom stereocenters. The van der Waals surface area contributed by atoms with Crippen molar-refractivity contribution in [3.8, 4) is 16.8 Å². The normalized spacial score (nSPS) is 12.9. The molecule has 1 amide bonds. The molecule has 0 atom stereocenters. The number of amides is 1. The first kappa shape index (κ1) is 22.0. The first-order valence-corrected chi connectivity index (χ1v) is 11.2. The molecule has 0 spiro atoms. The van der Waals surface area contributed by atoms with E-state index in [0.29, 0.717) is 18.7 Å². The van der Waals surface area contributed by atoms with Crippen LogP contribution >= 0.6 is 0 Å². The van der Waals surface area contributed by atoms with Crippen LogP contribution in [0.2, 0.25) is 0 Å². The highest BCUT2D eigenvalue weighted by Gasteiger charge is 2.32. The maximum Gasteiger partial charge on any atom is 0.248 e. The number of hydrogen-bond acceptors (Lipinski definition) is 3. The van der Waals surface area contributed by atoms with Gasteiger partial charge in [-0.2, -0.15) is 0 Å². The minimum Gasteiger partial charge on any atom is -0.384 e. The SMILES string of the molecule is COCC(C)(C)c1c(-c2ccc(C(N)=O)cc2)c2cc3c(cc2n1-c1ccc(F)cc1)C=NC3. The molecule has 1 aliphatic heterocycles. The fraction of sp³-hybridized carbons (Fsp3) is 0.214. The number of methoxy groups -OCH3 is 1. The number of halogens is 1. The summed E-state index contributed by atoms with van der Waals surface area (Å²) in [5.74, 6) is -0.747. The van der Waals surface area contributed by atoms with Crippen LogP contribution in [0.15, 0.2) is 65.7 Å². The summed E-state index contributed by atoms with van der Waals surface area (Å²) in [6, 6.07) is 18.3.